The molecular formula is C24H23N3O4. The van der Waals surface area contributed by atoms with Crippen molar-refractivity contribution in [2.45, 2.75) is 32.0 Å². The van der Waals surface area contributed by atoms with Gasteiger partial charge in [-0.25, -0.2) is 4.79 Å². The lowest BCUT2D eigenvalue weighted by atomic mass is 10.2. The molecular weight excluding hydrogens is 394 g/mol. The van der Waals surface area contributed by atoms with E-state index in [2.05, 4.69) is 5.48 Å². The van der Waals surface area contributed by atoms with Crippen LogP contribution in [-0.2, 0) is 11.4 Å². The highest BCUT2D eigenvalue weighted by Gasteiger charge is 2.25. The van der Waals surface area contributed by atoms with E-state index in [9.17, 15) is 14.4 Å². The smallest absolute Gasteiger partial charge is 0.296 e. The highest BCUT2D eigenvalue weighted by Crippen LogP contribution is 2.22. The van der Waals surface area contributed by atoms with E-state index in [4.69, 9.17) is 4.84 Å². The number of hydrogen-bond acceptors (Lipinski definition) is 5. The summed E-state index contributed by atoms with van der Waals surface area (Å²) in [6, 6.07) is 17.7. The molecule has 0 fully saturated rings. The number of aromatic nitrogens is 2. The lowest BCUT2D eigenvalue weighted by Crippen LogP contribution is -2.45. The zero-order valence-electron chi connectivity index (χ0n) is 17.1. The van der Waals surface area contributed by atoms with Gasteiger partial charge in [0, 0.05) is 17.3 Å². The predicted molar refractivity (Wildman–Crippen MR) is 117 cm³/mol. The highest BCUT2D eigenvalue weighted by molar-refractivity contribution is 5.95. The normalized spacial score (nSPS) is 17.7. The van der Waals surface area contributed by atoms with E-state index < -0.39 is 17.2 Å². The number of rotatable bonds is 6. The number of carbonyl (C=O) groups excluding carboxylic acids is 1. The molecule has 4 rings (SSSR count). The van der Waals surface area contributed by atoms with Gasteiger partial charge in [0.25, 0.3) is 11.5 Å². The van der Waals surface area contributed by atoms with Crippen LogP contribution in [-0.4, -0.2) is 21.1 Å². The van der Waals surface area contributed by atoms with Crippen LogP contribution in [0.1, 0.15) is 33.9 Å². The number of carbonyl (C=O) groups is 1. The number of nitrogens with one attached hydrogen (secondary N) is 1. The third kappa shape index (κ3) is 4.47. The van der Waals surface area contributed by atoms with Gasteiger partial charge in [-0.3, -0.25) is 19.0 Å². The molecule has 0 spiro atoms. The van der Waals surface area contributed by atoms with Gasteiger partial charge >= 0.3 is 5.69 Å². The Kier molecular flexibility index (Phi) is 6.06. The number of benzene rings is 2. The molecule has 7 heteroatoms. The van der Waals surface area contributed by atoms with Gasteiger partial charge in [0.2, 0.25) is 0 Å². The Morgan fingerprint density at radius 2 is 1.71 bits per heavy atom. The highest BCUT2D eigenvalue weighted by atomic mass is 16.6. The number of allylic oxidation sites excluding steroid dienone is 1. The largest absolute Gasteiger partial charge is 0.338 e. The van der Waals surface area contributed by atoms with E-state index in [0.29, 0.717) is 23.2 Å². The van der Waals surface area contributed by atoms with Crippen molar-refractivity contribution in [1.29, 1.82) is 0 Å². The van der Waals surface area contributed by atoms with Gasteiger partial charge in [-0.1, -0.05) is 60.7 Å². The molecule has 0 unspecified atom stereocenters. The molecule has 1 aliphatic carbocycles. The van der Waals surface area contributed by atoms with E-state index in [0.717, 1.165) is 5.56 Å². The van der Waals surface area contributed by atoms with Crippen molar-refractivity contribution in [3.63, 3.8) is 0 Å². The van der Waals surface area contributed by atoms with Crippen LogP contribution in [0, 0.1) is 6.92 Å². The average molecular weight is 417 g/mol. The van der Waals surface area contributed by atoms with Crippen LogP contribution in [0.25, 0.3) is 0 Å². The molecule has 0 radical (unpaired) electrons. The number of hydrogen-bond donors (Lipinski definition) is 1. The maximum atomic E-state index is 13.1. The van der Waals surface area contributed by atoms with Crippen molar-refractivity contribution in [3.05, 3.63) is 117 Å². The third-order valence-electron chi connectivity index (χ3n) is 5.24. The van der Waals surface area contributed by atoms with E-state index in [1.54, 1.807) is 37.3 Å². The molecule has 31 heavy (non-hydrogen) atoms. The number of nitrogens with zero attached hydrogens (tertiary/aromatic N) is 2. The molecule has 158 valence electrons. The molecule has 1 aromatic heterocycles. The first kappa shape index (κ1) is 20.7. The van der Waals surface area contributed by atoms with E-state index >= 15 is 0 Å². The van der Waals surface area contributed by atoms with Crippen molar-refractivity contribution in [2.75, 3.05) is 0 Å². The maximum Gasteiger partial charge on any atom is 0.338 e. The summed E-state index contributed by atoms with van der Waals surface area (Å²) in [6.45, 7) is 2.02. The molecule has 7 nitrogen and oxygen atoms in total. The molecule has 0 aliphatic heterocycles. The first-order valence-corrected chi connectivity index (χ1v) is 10.1. The first-order valence-electron chi connectivity index (χ1n) is 10.1. The van der Waals surface area contributed by atoms with Crippen molar-refractivity contribution in [2.24, 2.45) is 0 Å². The van der Waals surface area contributed by atoms with Crippen LogP contribution in [0.5, 0.6) is 0 Å². The van der Waals surface area contributed by atoms with E-state index in [-0.39, 0.29) is 17.6 Å². The Morgan fingerprint density at radius 3 is 2.42 bits per heavy atom. The summed E-state index contributed by atoms with van der Waals surface area (Å²) >= 11 is 0. The van der Waals surface area contributed by atoms with E-state index in [1.165, 1.54) is 10.8 Å². The molecule has 2 atom stereocenters. The molecule has 2 aromatic carbocycles. The fourth-order valence-corrected chi connectivity index (χ4v) is 3.60. The van der Waals surface area contributed by atoms with Gasteiger partial charge in [-0.15, -0.1) is 0 Å². The van der Waals surface area contributed by atoms with Crippen LogP contribution < -0.4 is 16.7 Å². The monoisotopic (exact) mass is 417 g/mol. The Balaban J connectivity index is 1.51. The Hall–Kier alpha value is -3.55. The summed E-state index contributed by atoms with van der Waals surface area (Å²) in [5, 5.41) is 0. The van der Waals surface area contributed by atoms with Gasteiger partial charge in [0.15, 0.2) is 0 Å². The minimum atomic E-state index is -0.648. The fraction of sp³-hybridized carbons (Fsp3) is 0.208. The Labute approximate surface area is 179 Å². The van der Waals surface area contributed by atoms with Gasteiger partial charge < -0.3 is 0 Å². The van der Waals surface area contributed by atoms with Crippen molar-refractivity contribution >= 4 is 5.91 Å². The molecule has 0 bridgehead atoms. The average Bonchev–Trinajstić information content (AvgIpc) is 3.26. The van der Waals surface area contributed by atoms with Crippen LogP contribution in [0.4, 0.5) is 0 Å². The predicted octanol–water partition coefficient (Wildman–Crippen LogP) is 2.60. The molecule has 1 aliphatic rings. The van der Waals surface area contributed by atoms with Crippen LogP contribution in [0.3, 0.4) is 0 Å². The SMILES string of the molecule is Cc1cn([C@H]2C=C[C@@H](NOCc3ccccc3)C2)c(=O)n(C(=O)c2ccccc2)c1=O. The lowest BCUT2D eigenvalue weighted by Gasteiger charge is -2.17. The Bertz CT molecular complexity index is 1210. The molecule has 0 saturated carbocycles. The van der Waals surface area contributed by atoms with Crippen molar-refractivity contribution < 1.29 is 9.63 Å². The summed E-state index contributed by atoms with van der Waals surface area (Å²) in [6.07, 6.45) is 5.88. The van der Waals surface area contributed by atoms with Gasteiger partial charge in [0.05, 0.1) is 18.7 Å². The van der Waals surface area contributed by atoms with Crippen molar-refractivity contribution in [3.8, 4) is 0 Å². The first-order chi connectivity index (χ1) is 15.0. The van der Waals surface area contributed by atoms with Gasteiger partial charge in [-0.2, -0.15) is 10.0 Å². The quantitative estimate of drug-likeness (QED) is 0.493. The number of hydroxylamine groups is 1. The number of aryl methyl sites for hydroxylation is 1. The second-order valence-electron chi connectivity index (χ2n) is 7.50. The van der Waals surface area contributed by atoms with E-state index in [1.807, 2.05) is 42.5 Å². The van der Waals surface area contributed by atoms with Gasteiger partial charge in [0.1, 0.15) is 0 Å². The zero-order valence-corrected chi connectivity index (χ0v) is 17.1. The Morgan fingerprint density at radius 1 is 1.03 bits per heavy atom. The molecule has 0 saturated heterocycles. The van der Waals surface area contributed by atoms with Crippen LogP contribution in [0.15, 0.2) is 88.6 Å². The minimum Gasteiger partial charge on any atom is -0.296 e. The van der Waals surface area contributed by atoms with Crippen LogP contribution >= 0.6 is 0 Å². The molecule has 1 N–H and O–H groups in total. The molecule has 3 aromatic rings. The van der Waals surface area contributed by atoms with Crippen LogP contribution in [0.2, 0.25) is 0 Å². The summed E-state index contributed by atoms with van der Waals surface area (Å²) in [5.41, 5.74) is 3.42. The summed E-state index contributed by atoms with van der Waals surface area (Å²) in [5.74, 6) is -0.629. The summed E-state index contributed by atoms with van der Waals surface area (Å²) in [7, 11) is 0. The second kappa shape index (κ2) is 9.07. The third-order valence-corrected chi connectivity index (χ3v) is 5.24. The van der Waals surface area contributed by atoms with Gasteiger partial charge in [-0.05, 0) is 31.0 Å². The second-order valence-corrected chi connectivity index (χ2v) is 7.50. The van der Waals surface area contributed by atoms with Crippen molar-refractivity contribution in [1.82, 2.24) is 14.6 Å². The summed E-state index contributed by atoms with van der Waals surface area (Å²) < 4.78 is 2.15. The molecule has 0 amide bonds. The lowest BCUT2D eigenvalue weighted by molar-refractivity contribution is 0.0122. The summed E-state index contributed by atoms with van der Waals surface area (Å²) in [4.78, 5) is 44.1. The maximum absolute atomic E-state index is 13.1. The standard InChI is InChI=1S/C24H23N3O4/c1-17-15-26(24(30)27(22(17)28)23(29)19-10-6-3-7-11-19)21-13-12-20(14-21)25-31-16-18-8-4-2-5-9-18/h2-13,15,20-21,25H,14,16H2,1H3/t20-,21+/m1/s1. The minimum absolute atomic E-state index is 0.0916. The molecule has 1 heterocycles. The zero-order chi connectivity index (χ0) is 21.8. The topological polar surface area (TPSA) is 82.3 Å². The fourth-order valence-electron chi connectivity index (χ4n) is 3.60.